The zero-order chi connectivity index (χ0) is 11.1. The number of hydrogen-bond acceptors (Lipinski definition) is 4. The summed E-state index contributed by atoms with van der Waals surface area (Å²) >= 11 is 0. The van der Waals surface area contributed by atoms with Crippen molar-refractivity contribution >= 4 is 17.4 Å². The van der Waals surface area contributed by atoms with Crippen LogP contribution in [0.1, 0.15) is 5.56 Å². The van der Waals surface area contributed by atoms with Crippen LogP contribution in [0.4, 0.5) is 11.5 Å². The molecule has 80 valence electrons. The van der Waals surface area contributed by atoms with Crippen LogP contribution in [0.5, 0.6) is 0 Å². The van der Waals surface area contributed by atoms with Gasteiger partial charge in [-0.15, -0.1) is 0 Å². The van der Waals surface area contributed by atoms with Gasteiger partial charge in [0.15, 0.2) is 11.6 Å². The molecule has 0 radical (unpaired) electrons. The zero-order valence-corrected chi connectivity index (χ0v) is 8.36. The molecule has 1 aliphatic rings. The average Bonchev–Trinajstić information content (AvgIpc) is 2.82. The molecule has 1 aromatic carbocycles. The van der Waals surface area contributed by atoms with Crippen LogP contribution in [0.15, 0.2) is 28.8 Å². The van der Waals surface area contributed by atoms with Crippen LogP contribution in [0.2, 0.25) is 0 Å². The summed E-state index contributed by atoms with van der Waals surface area (Å²) < 4.78 is 5.10. The minimum absolute atomic E-state index is 0.00469. The molecular formula is C11H9N3O2. The molecule has 1 aliphatic heterocycles. The fraction of sp³-hybridized carbons (Fsp3) is 0.0909. The van der Waals surface area contributed by atoms with Crippen molar-refractivity contribution in [3.63, 3.8) is 0 Å². The fourth-order valence-corrected chi connectivity index (χ4v) is 1.90. The lowest BCUT2D eigenvalue weighted by molar-refractivity contribution is -0.115. The van der Waals surface area contributed by atoms with Crippen LogP contribution in [0, 0.1) is 0 Å². The largest absolute Gasteiger partial charge is 0.381 e. The molecule has 1 amide bonds. The molecule has 0 saturated heterocycles. The highest BCUT2D eigenvalue weighted by molar-refractivity contribution is 6.01. The van der Waals surface area contributed by atoms with Crippen molar-refractivity contribution < 1.29 is 9.32 Å². The molecule has 3 rings (SSSR count). The van der Waals surface area contributed by atoms with E-state index >= 15 is 0 Å². The van der Waals surface area contributed by atoms with E-state index < -0.39 is 0 Å². The smallest absolute Gasteiger partial charge is 0.228 e. The molecule has 2 aromatic rings. The number of benzene rings is 1. The van der Waals surface area contributed by atoms with Gasteiger partial charge in [0.1, 0.15) is 0 Å². The molecule has 0 aliphatic carbocycles. The Bertz CT molecular complexity index is 574. The lowest BCUT2D eigenvalue weighted by atomic mass is 10.0. The van der Waals surface area contributed by atoms with E-state index in [1.54, 1.807) is 6.07 Å². The third-order valence-electron chi connectivity index (χ3n) is 2.58. The van der Waals surface area contributed by atoms with E-state index in [1.807, 2.05) is 18.2 Å². The summed E-state index contributed by atoms with van der Waals surface area (Å²) in [5, 5.41) is 6.42. The van der Waals surface area contributed by atoms with Crippen molar-refractivity contribution in [2.24, 2.45) is 0 Å². The molecular weight excluding hydrogens is 206 g/mol. The van der Waals surface area contributed by atoms with Gasteiger partial charge in [0.05, 0.1) is 6.42 Å². The Morgan fingerprint density at radius 1 is 1.44 bits per heavy atom. The number of rotatable bonds is 1. The van der Waals surface area contributed by atoms with E-state index in [2.05, 4.69) is 10.5 Å². The Morgan fingerprint density at radius 2 is 2.31 bits per heavy atom. The summed E-state index contributed by atoms with van der Waals surface area (Å²) in [7, 11) is 0. The summed E-state index contributed by atoms with van der Waals surface area (Å²) in [6.45, 7) is 0. The first-order chi connectivity index (χ1) is 7.74. The van der Waals surface area contributed by atoms with E-state index in [-0.39, 0.29) is 5.91 Å². The predicted octanol–water partition coefficient (Wildman–Crippen LogP) is 1.42. The van der Waals surface area contributed by atoms with Crippen LogP contribution >= 0.6 is 0 Å². The van der Waals surface area contributed by atoms with Crippen LogP contribution in [-0.2, 0) is 11.2 Å². The van der Waals surface area contributed by atoms with E-state index in [1.165, 1.54) is 0 Å². The minimum Gasteiger partial charge on any atom is -0.381 e. The predicted molar refractivity (Wildman–Crippen MR) is 58.7 cm³/mol. The molecule has 0 saturated carbocycles. The van der Waals surface area contributed by atoms with Gasteiger partial charge in [-0.25, -0.2) is 0 Å². The monoisotopic (exact) mass is 215 g/mol. The molecule has 5 nitrogen and oxygen atoms in total. The normalized spacial score (nSPS) is 13.6. The van der Waals surface area contributed by atoms with Gasteiger partial charge in [0.2, 0.25) is 5.91 Å². The number of carbonyl (C=O) groups is 1. The Balaban J connectivity index is 2.16. The maximum absolute atomic E-state index is 11.3. The number of nitrogens with one attached hydrogen (secondary N) is 1. The third-order valence-corrected chi connectivity index (χ3v) is 2.58. The standard InChI is InChI=1S/C11H9N3O2/c12-10-5-9(16-14-10)6-2-1-3-8-7(6)4-11(15)13-8/h1-3,5H,4H2,(H2,12,14)(H,13,15). The minimum atomic E-state index is -0.00469. The Morgan fingerprint density at radius 3 is 3.06 bits per heavy atom. The number of anilines is 2. The van der Waals surface area contributed by atoms with Gasteiger partial charge >= 0.3 is 0 Å². The molecule has 0 unspecified atom stereocenters. The van der Waals surface area contributed by atoms with Crippen LogP contribution in [0.25, 0.3) is 11.3 Å². The van der Waals surface area contributed by atoms with Gasteiger partial charge in [-0.05, 0) is 11.6 Å². The highest BCUT2D eigenvalue weighted by atomic mass is 16.5. The average molecular weight is 215 g/mol. The number of carbonyl (C=O) groups excluding carboxylic acids is 1. The van der Waals surface area contributed by atoms with Crippen molar-refractivity contribution in [3.8, 4) is 11.3 Å². The van der Waals surface area contributed by atoms with Crippen molar-refractivity contribution in [2.45, 2.75) is 6.42 Å². The summed E-state index contributed by atoms with van der Waals surface area (Å²) in [5.74, 6) is 0.922. The van der Waals surface area contributed by atoms with E-state index in [4.69, 9.17) is 10.3 Å². The maximum Gasteiger partial charge on any atom is 0.228 e. The zero-order valence-electron chi connectivity index (χ0n) is 8.36. The summed E-state index contributed by atoms with van der Waals surface area (Å²) in [4.78, 5) is 11.3. The Kier molecular flexibility index (Phi) is 1.73. The lowest BCUT2D eigenvalue weighted by Crippen LogP contribution is -2.03. The van der Waals surface area contributed by atoms with Gasteiger partial charge in [-0.2, -0.15) is 0 Å². The number of nitrogens with two attached hydrogens (primary N) is 1. The second kappa shape index (κ2) is 3.10. The molecule has 5 heteroatoms. The molecule has 2 heterocycles. The van der Waals surface area contributed by atoms with Gasteiger partial charge in [0.25, 0.3) is 0 Å². The Hall–Kier alpha value is -2.30. The fourth-order valence-electron chi connectivity index (χ4n) is 1.90. The van der Waals surface area contributed by atoms with E-state index in [9.17, 15) is 4.79 Å². The summed E-state index contributed by atoms with van der Waals surface area (Å²) in [6, 6.07) is 7.26. The second-order valence-corrected chi connectivity index (χ2v) is 3.67. The van der Waals surface area contributed by atoms with Gasteiger partial charge in [0, 0.05) is 17.3 Å². The van der Waals surface area contributed by atoms with Crippen LogP contribution in [0.3, 0.4) is 0 Å². The molecule has 3 N–H and O–H groups in total. The highest BCUT2D eigenvalue weighted by Gasteiger charge is 2.22. The van der Waals surface area contributed by atoms with Crippen molar-refractivity contribution in [1.29, 1.82) is 0 Å². The van der Waals surface area contributed by atoms with E-state index in [0.29, 0.717) is 18.0 Å². The number of aromatic nitrogens is 1. The lowest BCUT2D eigenvalue weighted by Gasteiger charge is -2.02. The first-order valence-electron chi connectivity index (χ1n) is 4.88. The van der Waals surface area contributed by atoms with Crippen molar-refractivity contribution in [2.75, 3.05) is 11.1 Å². The number of amides is 1. The molecule has 0 spiro atoms. The van der Waals surface area contributed by atoms with Crippen LogP contribution in [-0.4, -0.2) is 11.1 Å². The topological polar surface area (TPSA) is 81.2 Å². The highest BCUT2D eigenvalue weighted by Crippen LogP contribution is 2.33. The molecule has 16 heavy (non-hydrogen) atoms. The first-order valence-corrected chi connectivity index (χ1v) is 4.88. The SMILES string of the molecule is Nc1cc(-c2cccc3c2CC(=O)N3)on1. The van der Waals surface area contributed by atoms with Crippen LogP contribution < -0.4 is 11.1 Å². The third kappa shape index (κ3) is 1.25. The second-order valence-electron chi connectivity index (χ2n) is 3.67. The van der Waals surface area contributed by atoms with E-state index in [0.717, 1.165) is 16.8 Å². The molecule has 1 aromatic heterocycles. The Labute approximate surface area is 91.2 Å². The number of hydrogen-bond donors (Lipinski definition) is 2. The van der Waals surface area contributed by atoms with Crippen molar-refractivity contribution in [3.05, 3.63) is 29.8 Å². The number of fused-ring (bicyclic) bond motifs is 1. The summed E-state index contributed by atoms with van der Waals surface area (Å²) in [5.41, 5.74) is 8.13. The number of nitrogen functional groups attached to an aromatic ring is 1. The molecule has 0 fully saturated rings. The van der Waals surface area contributed by atoms with Gasteiger partial charge in [-0.3, -0.25) is 4.79 Å². The number of nitrogens with zero attached hydrogens (tertiary/aromatic N) is 1. The van der Waals surface area contributed by atoms with Gasteiger partial charge in [-0.1, -0.05) is 17.3 Å². The quantitative estimate of drug-likeness (QED) is 0.753. The van der Waals surface area contributed by atoms with Crippen molar-refractivity contribution in [1.82, 2.24) is 5.16 Å². The molecule has 0 bridgehead atoms. The maximum atomic E-state index is 11.3. The molecule has 0 atom stereocenters. The summed E-state index contributed by atoms with van der Waals surface area (Å²) in [6.07, 6.45) is 0.367. The van der Waals surface area contributed by atoms with Gasteiger partial charge < -0.3 is 15.6 Å². The first kappa shape index (κ1) is 8.96.